The monoisotopic (exact) mass is 204 g/mol. The predicted molar refractivity (Wildman–Crippen MR) is 55.7 cm³/mol. The van der Waals surface area contributed by atoms with Gasteiger partial charge in [0.15, 0.2) is 5.65 Å². The molecule has 1 aliphatic rings. The number of nitrogens with zero attached hydrogens (tertiary/aromatic N) is 2. The minimum atomic E-state index is -0.0874. The van der Waals surface area contributed by atoms with Crippen molar-refractivity contribution in [1.82, 2.24) is 20.2 Å². The van der Waals surface area contributed by atoms with Crippen LogP contribution >= 0.6 is 0 Å². The normalized spacial score (nSPS) is 17.6. The molecule has 2 heterocycles. The van der Waals surface area contributed by atoms with Gasteiger partial charge in [0.1, 0.15) is 11.2 Å². The van der Waals surface area contributed by atoms with Crippen molar-refractivity contribution in [1.29, 1.82) is 0 Å². The van der Waals surface area contributed by atoms with Gasteiger partial charge in [0, 0.05) is 5.92 Å². The number of rotatable bonds is 1. The molecule has 15 heavy (non-hydrogen) atoms. The van der Waals surface area contributed by atoms with Crippen molar-refractivity contribution in [2.75, 3.05) is 0 Å². The first-order valence-electron chi connectivity index (χ1n) is 5.28. The lowest BCUT2D eigenvalue weighted by Crippen LogP contribution is -2.13. The van der Waals surface area contributed by atoms with Crippen molar-refractivity contribution < 1.29 is 0 Å². The van der Waals surface area contributed by atoms with Crippen LogP contribution in [0, 0.1) is 0 Å². The summed E-state index contributed by atoms with van der Waals surface area (Å²) in [6.07, 6.45) is 6.23. The molecule has 0 spiro atoms. The van der Waals surface area contributed by atoms with Crippen molar-refractivity contribution in [3.05, 3.63) is 22.4 Å². The number of nitrogens with one attached hydrogen (secondary N) is 2. The third kappa shape index (κ3) is 1.35. The van der Waals surface area contributed by atoms with Crippen molar-refractivity contribution >= 4 is 11.0 Å². The van der Waals surface area contributed by atoms with Crippen LogP contribution < -0.4 is 5.56 Å². The van der Waals surface area contributed by atoms with Crippen LogP contribution in [0.3, 0.4) is 0 Å². The van der Waals surface area contributed by atoms with Gasteiger partial charge in [-0.25, -0.2) is 4.98 Å². The third-order valence-corrected chi connectivity index (χ3v) is 3.08. The van der Waals surface area contributed by atoms with E-state index < -0.39 is 0 Å². The minimum absolute atomic E-state index is 0.0874. The highest BCUT2D eigenvalue weighted by Gasteiger charge is 2.20. The van der Waals surface area contributed by atoms with Crippen LogP contribution in [0.4, 0.5) is 0 Å². The largest absolute Gasteiger partial charge is 0.310 e. The van der Waals surface area contributed by atoms with Gasteiger partial charge in [0.2, 0.25) is 0 Å². The Morgan fingerprint density at radius 1 is 1.33 bits per heavy atom. The summed E-state index contributed by atoms with van der Waals surface area (Å²) in [6, 6.07) is 0. The number of aromatic nitrogens is 4. The minimum Gasteiger partial charge on any atom is -0.310 e. The quantitative estimate of drug-likeness (QED) is 0.735. The van der Waals surface area contributed by atoms with Gasteiger partial charge in [0.05, 0.1) is 6.20 Å². The fourth-order valence-corrected chi connectivity index (χ4v) is 2.26. The van der Waals surface area contributed by atoms with Crippen LogP contribution in [-0.4, -0.2) is 20.2 Å². The van der Waals surface area contributed by atoms with Gasteiger partial charge in [-0.2, -0.15) is 5.10 Å². The van der Waals surface area contributed by atoms with Gasteiger partial charge in [0.25, 0.3) is 5.56 Å². The van der Waals surface area contributed by atoms with E-state index in [0.29, 0.717) is 17.0 Å². The van der Waals surface area contributed by atoms with Gasteiger partial charge in [-0.15, -0.1) is 0 Å². The Morgan fingerprint density at radius 2 is 2.13 bits per heavy atom. The molecule has 1 aliphatic carbocycles. The molecule has 0 amide bonds. The van der Waals surface area contributed by atoms with Gasteiger partial charge < -0.3 is 4.98 Å². The lowest BCUT2D eigenvalue weighted by Gasteiger charge is -2.06. The van der Waals surface area contributed by atoms with Gasteiger partial charge in [-0.3, -0.25) is 9.89 Å². The van der Waals surface area contributed by atoms with Crippen LogP contribution in [0.2, 0.25) is 0 Å². The van der Waals surface area contributed by atoms with Gasteiger partial charge >= 0.3 is 0 Å². The van der Waals surface area contributed by atoms with E-state index in [9.17, 15) is 4.79 Å². The summed E-state index contributed by atoms with van der Waals surface area (Å²) in [4.78, 5) is 18.9. The molecule has 0 aromatic carbocycles. The first-order valence-corrected chi connectivity index (χ1v) is 5.28. The Bertz CT molecular complexity index is 536. The molecule has 2 aromatic heterocycles. The van der Waals surface area contributed by atoms with Crippen LogP contribution in [0.5, 0.6) is 0 Å². The van der Waals surface area contributed by atoms with Crippen molar-refractivity contribution in [3.63, 3.8) is 0 Å². The van der Waals surface area contributed by atoms with E-state index in [0.717, 1.165) is 18.7 Å². The summed E-state index contributed by atoms with van der Waals surface area (Å²) in [5.41, 5.74) is 0.510. The maximum Gasteiger partial charge on any atom is 0.262 e. The third-order valence-electron chi connectivity index (χ3n) is 3.08. The van der Waals surface area contributed by atoms with Crippen LogP contribution in [0.1, 0.15) is 37.4 Å². The topological polar surface area (TPSA) is 74.4 Å². The standard InChI is InChI=1S/C10H12N4O/c15-10-7-5-11-14-9(7)12-8(13-10)6-3-1-2-4-6/h5-6H,1-4H2,(H2,11,12,13,14,15). The van der Waals surface area contributed by atoms with Gasteiger partial charge in [-0.1, -0.05) is 12.8 Å². The Kier molecular flexibility index (Phi) is 1.83. The molecule has 78 valence electrons. The zero-order valence-corrected chi connectivity index (χ0v) is 8.29. The second kappa shape index (κ2) is 3.18. The molecule has 5 nitrogen and oxygen atoms in total. The number of aromatic amines is 2. The summed E-state index contributed by atoms with van der Waals surface area (Å²) >= 11 is 0. The zero-order chi connectivity index (χ0) is 10.3. The highest BCUT2D eigenvalue weighted by atomic mass is 16.1. The molecule has 1 fully saturated rings. The summed E-state index contributed by atoms with van der Waals surface area (Å²) in [5.74, 6) is 1.24. The molecule has 3 rings (SSSR count). The lowest BCUT2D eigenvalue weighted by atomic mass is 10.1. The predicted octanol–water partition coefficient (Wildman–Crippen LogP) is 1.30. The lowest BCUT2D eigenvalue weighted by molar-refractivity contribution is 0.668. The van der Waals surface area contributed by atoms with Gasteiger partial charge in [-0.05, 0) is 12.8 Å². The molecule has 0 saturated heterocycles. The summed E-state index contributed by atoms with van der Waals surface area (Å²) in [7, 11) is 0. The molecule has 0 aliphatic heterocycles. The maximum atomic E-state index is 11.7. The van der Waals surface area contributed by atoms with Crippen molar-refractivity contribution in [2.24, 2.45) is 0 Å². The van der Waals surface area contributed by atoms with Crippen molar-refractivity contribution in [3.8, 4) is 0 Å². The summed E-state index contributed by atoms with van der Waals surface area (Å²) in [5, 5.41) is 7.10. The number of hydrogen-bond acceptors (Lipinski definition) is 3. The maximum absolute atomic E-state index is 11.7. The van der Waals surface area contributed by atoms with Crippen LogP contribution in [-0.2, 0) is 0 Å². The van der Waals surface area contributed by atoms with E-state index in [1.165, 1.54) is 19.0 Å². The first-order chi connectivity index (χ1) is 7.34. The van der Waals surface area contributed by atoms with E-state index in [1.807, 2.05) is 0 Å². The Hall–Kier alpha value is -1.65. The van der Waals surface area contributed by atoms with E-state index in [4.69, 9.17) is 0 Å². The Balaban J connectivity index is 2.15. The highest BCUT2D eigenvalue weighted by molar-refractivity contribution is 5.72. The molecule has 2 N–H and O–H groups in total. The second-order valence-electron chi connectivity index (χ2n) is 4.06. The number of fused-ring (bicyclic) bond motifs is 1. The smallest absolute Gasteiger partial charge is 0.262 e. The molecule has 0 bridgehead atoms. The molecular weight excluding hydrogens is 192 g/mol. The molecule has 0 radical (unpaired) electrons. The van der Waals surface area contributed by atoms with E-state index in [-0.39, 0.29) is 5.56 Å². The second-order valence-corrected chi connectivity index (χ2v) is 4.06. The molecule has 5 heteroatoms. The Labute approximate surface area is 85.9 Å². The molecule has 0 atom stereocenters. The van der Waals surface area contributed by atoms with E-state index in [1.54, 1.807) is 0 Å². The number of H-pyrrole nitrogens is 2. The average molecular weight is 204 g/mol. The van der Waals surface area contributed by atoms with Crippen LogP contribution in [0.25, 0.3) is 11.0 Å². The number of hydrogen-bond donors (Lipinski definition) is 2. The summed E-state index contributed by atoms with van der Waals surface area (Å²) < 4.78 is 0. The molecular formula is C10H12N4O. The average Bonchev–Trinajstić information content (AvgIpc) is 2.88. The molecule has 1 saturated carbocycles. The van der Waals surface area contributed by atoms with Crippen LogP contribution in [0.15, 0.2) is 11.0 Å². The highest BCUT2D eigenvalue weighted by Crippen LogP contribution is 2.31. The Morgan fingerprint density at radius 3 is 2.93 bits per heavy atom. The summed E-state index contributed by atoms with van der Waals surface area (Å²) in [6.45, 7) is 0. The molecule has 2 aromatic rings. The van der Waals surface area contributed by atoms with E-state index >= 15 is 0 Å². The first kappa shape index (κ1) is 8.64. The fraction of sp³-hybridized carbons (Fsp3) is 0.500. The SMILES string of the molecule is O=c1[nH]c(C2CCCC2)nc2[nH]ncc12. The van der Waals surface area contributed by atoms with Crippen molar-refractivity contribution in [2.45, 2.75) is 31.6 Å². The fourth-order valence-electron chi connectivity index (χ4n) is 2.26. The molecule has 0 unspecified atom stereocenters. The zero-order valence-electron chi connectivity index (χ0n) is 8.29. The van der Waals surface area contributed by atoms with E-state index in [2.05, 4.69) is 20.2 Å².